The third-order valence-electron chi connectivity index (χ3n) is 1.92. The number of rotatable bonds is 6. The highest BCUT2D eigenvalue weighted by molar-refractivity contribution is 5.76. The van der Waals surface area contributed by atoms with Crippen LogP contribution in [0.5, 0.6) is 0 Å². The first-order valence-corrected chi connectivity index (χ1v) is 4.63. The molecule has 5 heteroatoms. The van der Waals surface area contributed by atoms with Crippen molar-refractivity contribution in [1.82, 2.24) is 10.2 Å². The number of hydrogen-bond acceptors (Lipinski definition) is 3. The Hall–Kier alpha value is -1.07. The van der Waals surface area contributed by atoms with Crippen molar-refractivity contribution in [2.24, 2.45) is 0 Å². The quantitative estimate of drug-likeness (QED) is 0.452. The van der Waals surface area contributed by atoms with Crippen LogP contribution in [-0.2, 0) is 4.74 Å². The van der Waals surface area contributed by atoms with E-state index in [1.54, 1.807) is 11.0 Å². The van der Waals surface area contributed by atoms with E-state index >= 15 is 0 Å². The van der Waals surface area contributed by atoms with E-state index in [1.165, 1.54) is 0 Å². The summed E-state index contributed by atoms with van der Waals surface area (Å²) in [5.74, 6) is 0. The number of carbonyl (C=O) groups is 1. The minimum absolute atomic E-state index is 0.118. The molecule has 1 atom stereocenters. The predicted molar refractivity (Wildman–Crippen MR) is 52.0 cm³/mol. The van der Waals surface area contributed by atoms with Gasteiger partial charge in [-0.25, -0.2) is 4.79 Å². The Morgan fingerprint density at radius 1 is 1.79 bits per heavy atom. The van der Waals surface area contributed by atoms with E-state index in [1.807, 2.05) is 0 Å². The van der Waals surface area contributed by atoms with Gasteiger partial charge in [0, 0.05) is 13.1 Å². The second kappa shape index (κ2) is 5.62. The molecule has 14 heavy (non-hydrogen) atoms. The van der Waals surface area contributed by atoms with Crippen molar-refractivity contribution in [3.63, 3.8) is 0 Å². The molecule has 2 amide bonds. The Balaban J connectivity index is 2.15. The fourth-order valence-corrected chi connectivity index (χ4v) is 1.28. The van der Waals surface area contributed by atoms with Gasteiger partial charge in [0.2, 0.25) is 0 Å². The Bertz CT molecular complexity index is 208. The first-order chi connectivity index (χ1) is 6.74. The second-order valence-electron chi connectivity index (χ2n) is 3.16. The van der Waals surface area contributed by atoms with Gasteiger partial charge in [-0.15, -0.1) is 6.58 Å². The number of carbonyl (C=O) groups excluding carboxylic acids is 1. The van der Waals surface area contributed by atoms with Gasteiger partial charge in [-0.3, -0.25) is 0 Å². The molecule has 0 bridgehead atoms. The highest BCUT2D eigenvalue weighted by atomic mass is 16.5. The molecule has 1 saturated heterocycles. The van der Waals surface area contributed by atoms with E-state index in [9.17, 15) is 9.90 Å². The number of urea groups is 1. The average molecular weight is 200 g/mol. The maximum absolute atomic E-state index is 11.1. The Labute approximate surface area is 83.3 Å². The fraction of sp³-hybridized carbons (Fsp3) is 0.667. The van der Waals surface area contributed by atoms with E-state index in [2.05, 4.69) is 11.9 Å². The lowest BCUT2D eigenvalue weighted by Gasteiger charge is -2.18. The largest absolute Gasteiger partial charge is 0.389 e. The van der Waals surface area contributed by atoms with E-state index in [4.69, 9.17) is 4.74 Å². The molecule has 1 aliphatic heterocycles. The van der Waals surface area contributed by atoms with Crippen molar-refractivity contribution in [3.8, 4) is 0 Å². The van der Waals surface area contributed by atoms with Crippen LogP contribution in [0.4, 0.5) is 4.79 Å². The van der Waals surface area contributed by atoms with E-state index in [-0.39, 0.29) is 12.6 Å². The van der Waals surface area contributed by atoms with Gasteiger partial charge < -0.3 is 20.1 Å². The third kappa shape index (κ3) is 3.35. The molecule has 1 rings (SSSR count). The number of aliphatic hydroxyl groups excluding tert-OH is 1. The lowest BCUT2D eigenvalue weighted by Crippen LogP contribution is -2.37. The monoisotopic (exact) mass is 200 g/mol. The zero-order valence-corrected chi connectivity index (χ0v) is 8.11. The standard InChI is InChI=1S/C9H16N2O3/c1-2-5-14-7-8(12)6-11-4-3-10-9(11)13/h2,8,12H,1,3-7H2,(H,10,13)/t8-/m0/s1. The van der Waals surface area contributed by atoms with Crippen LogP contribution in [0.25, 0.3) is 0 Å². The number of ether oxygens (including phenoxy) is 1. The van der Waals surface area contributed by atoms with Crippen molar-refractivity contribution in [3.05, 3.63) is 12.7 Å². The van der Waals surface area contributed by atoms with Gasteiger partial charge in [0.15, 0.2) is 0 Å². The van der Waals surface area contributed by atoms with Gasteiger partial charge >= 0.3 is 6.03 Å². The summed E-state index contributed by atoms with van der Waals surface area (Å²) in [4.78, 5) is 12.7. The molecule has 0 spiro atoms. The lowest BCUT2D eigenvalue weighted by molar-refractivity contribution is 0.0357. The Kier molecular flexibility index (Phi) is 4.42. The van der Waals surface area contributed by atoms with Crippen LogP contribution in [0.2, 0.25) is 0 Å². The molecular formula is C9H16N2O3. The summed E-state index contributed by atoms with van der Waals surface area (Å²) in [6, 6.07) is -0.118. The van der Waals surface area contributed by atoms with Crippen LogP contribution in [0.15, 0.2) is 12.7 Å². The van der Waals surface area contributed by atoms with E-state index in [0.29, 0.717) is 26.2 Å². The molecular weight excluding hydrogens is 184 g/mol. The van der Waals surface area contributed by atoms with Crippen molar-refractivity contribution < 1.29 is 14.6 Å². The zero-order valence-electron chi connectivity index (χ0n) is 8.11. The maximum Gasteiger partial charge on any atom is 0.317 e. The van der Waals surface area contributed by atoms with Crippen LogP contribution >= 0.6 is 0 Å². The number of hydrogen-bond donors (Lipinski definition) is 2. The molecule has 0 aromatic rings. The van der Waals surface area contributed by atoms with E-state index < -0.39 is 6.10 Å². The minimum atomic E-state index is -0.626. The zero-order chi connectivity index (χ0) is 10.4. The molecule has 0 saturated carbocycles. The smallest absolute Gasteiger partial charge is 0.317 e. The number of amides is 2. The highest BCUT2D eigenvalue weighted by Crippen LogP contribution is 1.99. The summed E-state index contributed by atoms with van der Waals surface area (Å²) in [5, 5.41) is 12.1. The molecule has 0 aromatic carbocycles. The molecule has 0 aromatic heterocycles. The van der Waals surface area contributed by atoms with Gasteiger partial charge in [0.1, 0.15) is 0 Å². The summed E-state index contributed by atoms with van der Waals surface area (Å²) < 4.78 is 5.06. The number of nitrogens with zero attached hydrogens (tertiary/aromatic N) is 1. The van der Waals surface area contributed by atoms with Gasteiger partial charge in [-0.1, -0.05) is 6.08 Å². The van der Waals surface area contributed by atoms with Crippen LogP contribution in [0.1, 0.15) is 0 Å². The molecule has 1 aliphatic rings. The second-order valence-corrected chi connectivity index (χ2v) is 3.16. The van der Waals surface area contributed by atoms with Crippen LogP contribution < -0.4 is 5.32 Å². The summed E-state index contributed by atoms with van der Waals surface area (Å²) in [5.41, 5.74) is 0. The van der Waals surface area contributed by atoms with Crippen molar-refractivity contribution in [1.29, 1.82) is 0 Å². The minimum Gasteiger partial charge on any atom is -0.389 e. The predicted octanol–water partition coefficient (Wildman–Crippen LogP) is -0.425. The van der Waals surface area contributed by atoms with Crippen LogP contribution in [0.3, 0.4) is 0 Å². The topological polar surface area (TPSA) is 61.8 Å². The third-order valence-corrected chi connectivity index (χ3v) is 1.92. The first kappa shape index (κ1) is 11.0. The number of β-amino-alcohol motifs (C(OH)–C–C–N with tert-alkyl or cyclic N) is 1. The number of nitrogens with one attached hydrogen (secondary N) is 1. The normalized spacial score (nSPS) is 18.1. The summed E-state index contributed by atoms with van der Waals surface area (Å²) >= 11 is 0. The molecule has 0 unspecified atom stereocenters. The average Bonchev–Trinajstić information content (AvgIpc) is 2.52. The summed E-state index contributed by atoms with van der Waals surface area (Å²) in [6.45, 7) is 5.77. The van der Waals surface area contributed by atoms with Crippen LogP contribution in [0, 0.1) is 0 Å². The lowest BCUT2D eigenvalue weighted by atomic mass is 10.3. The fourth-order valence-electron chi connectivity index (χ4n) is 1.28. The van der Waals surface area contributed by atoms with Crippen molar-refractivity contribution in [2.45, 2.75) is 6.10 Å². The van der Waals surface area contributed by atoms with Gasteiger partial charge in [0.25, 0.3) is 0 Å². The summed E-state index contributed by atoms with van der Waals surface area (Å²) in [6.07, 6.45) is 0.994. The number of aliphatic hydroxyl groups is 1. The van der Waals surface area contributed by atoms with Gasteiger partial charge in [-0.05, 0) is 0 Å². The molecule has 0 radical (unpaired) electrons. The van der Waals surface area contributed by atoms with Crippen LogP contribution in [-0.4, -0.2) is 55.0 Å². The Morgan fingerprint density at radius 2 is 2.57 bits per heavy atom. The Morgan fingerprint density at radius 3 is 3.14 bits per heavy atom. The molecule has 5 nitrogen and oxygen atoms in total. The van der Waals surface area contributed by atoms with E-state index in [0.717, 1.165) is 0 Å². The molecule has 1 heterocycles. The summed E-state index contributed by atoms with van der Waals surface area (Å²) in [7, 11) is 0. The molecule has 2 N–H and O–H groups in total. The van der Waals surface area contributed by atoms with Crippen molar-refractivity contribution >= 4 is 6.03 Å². The van der Waals surface area contributed by atoms with Gasteiger partial charge in [-0.2, -0.15) is 0 Å². The first-order valence-electron chi connectivity index (χ1n) is 4.63. The molecule has 80 valence electrons. The molecule has 1 fully saturated rings. The van der Waals surface area contributed by atoms with Crippen molar-refractivity contribution in [2.75, 3.05) is 32.8 Å². The SMILES string of the molecule is C=CCOC[C@@H](O)CN1CCNC1=O. The highest BCUT2D eigenvalue weighted by Gasteiger charge is 2.21. The van der Waals surface area contributed by atoms with Gasteiger partial charge in [0.05, 0.1) is 25.9 Å². The molecule has 0 aliphatic carbocycles. The maximum atomic E-state index is 11.1.